The highest BCUT2D eigenvalue weighted by Gasteiger charge is 2.12. The molecule has 90 valence electrons. The smallest absolute Gasteiger partial charge is 0.346 e. The summed E-state index contributed by atoms with van der Waals surface area (Å²) >= 11 is 0. The van der Waals surface area contributed by atoms with E-state index < -0.39 is 5.69 Å². The number of nitrogens with zero attached hydrogens (tertiary/aromatic N) is 4. The van der Waals surface area contributed by atoms with Crippen LogP contribution in [0.4, 0.5) is 5.82 Å². The van der Waals surface area contributed by atoms with Crippen LogP contribution in [0.2, 0.25) is 0 Å². The number of rotatable bonds is 4. The Morgan fingerprint density at radius 1 is 1.38 bits per heavy atom. The zero-order valence-corrected chi connectivity index (χ0v) is 10.0. The summed E-state index contributed by atoms with van der Waals surface area (Å²) in [5.74, 6) is 0.278. The summed E-state index contributed by atoms with van der Waals surface area (Å²) in [6, 6.07) is 0. The van der Waals surface area contributed by atoms with Gasteiger partial charge in [-0.25, -0.2) is 9.48 Å². The van der Waals surface area contributed by atoms with Crippen molar-refractivity contribution in [1.29, 1.82) is 0 Å². The Hall–Kier alpha value is -1.63. The highest BCUT2D eigenvalue weighted by atomic mass is 16.2. The molecule has 0 atom stereocenters. The van der Waals surface area contributed by atoms with Gasteiger partial charge in [0, 0.05) is 34.2 Å². The van der Waals surface area contributed by atoms with E-state index in [1.165, 1.54) is 14.1 Å². The average molecular weight is 227 g/mol. The molecule has 0 radical (unpaired) electrons. The number of nitrogens with one attached hydrogen (secondary N) is 1. The number of hydrogen-bond donors (Lipinski definition) is 1. The fraction of sp³-hybridized carbons (Fsp3) is 0.667. The van der Waals surface area contributed by atoms with Crippen LogP contribution in [-0.4, -0.2) is 41.5 Å². The summed E-state index contributed by atoms with van der Waals surface area (Å²) in [5.41, 5.74) is -0.794. The van der Waals surface area contributed by atoms with Gasteiger partial charge >= 0.3 is 5.69 Å². The maximum atomic E-state index is 11.8. The Kier molecular flexibility index (Phi) is 3.83. The van der Waals surface area contributed by atoms with Gasteiger partial charge in [-0.15, -0.1) is 5.10 Å². The molecule has 0 bridgehead atoms. The first kappa shape index (κ1) is 12.4. The molecule has 16 heavy (non-hydrogen) atoms. The quantitative estimate of drug-likeness (QED) is 0.653. The topological polar surface area (TPSA) is 72.2 Å². The van der Waals surface area contributed by atoms with Crippen LogP contribution in [-0.2, 0) is 14.1 Å². The van der Waals surface area contributed by atoms with Crippen LogP contribution >= 0.6 is 0 Å². The van der Waals surface area contributed by atoms with E-state index in [1.54, 1.807) is 11.9 Å². The predicted molar refractivity (Wildman–Crippen MR) is 61.9 cm³/mol. The molecule has 0 spiro atoms. The van der Waals surface area contributed by atoms with Crippen molar-refractivity contribution < 1.29 is 0 Å². The van der Waals surface area contributed by atoms with E-state index in [0.717, 1.165) is 15.8 Å². The lowest BCUT2D eigenvalue weighted by atomic mass is 10.5. The molecule has 0 amide bonds. The molecule has 1 rings (SSSR count). The van der Waals surface area contributed by atoms with Gasteiger partial charge in [0.15, 0.2) is 0 Å². The van der Waals surface area contributed by atoms with Gasteiger partial charge < -0.3 is 10.2 Å². The molecule has 7 heteroatoms. The first-order chi connectivity index (χ1) is 7.49. The van der Waals surface area contributed by atoms with Crippen LogP contribution in [0.1, 0.15) is 0 Å². The molecule has 0 aliphatic rings. The van der Waals surface area contributed by atoms with Gasteiger partial charge in [-0.2, -0.15) is 0 Å². The molecule has 0 saturated heterocycles. The Bertz CT molecular complexity index is 476. The number of aromatic nitrogens is 3. The van der Waals surface area contributed by atoms with E-state index in [1.807, 2.05) is 7.05 Å². The van der Waals surface area contributed by atoms with Crippen LogP contribution in [0, 0.1) is 0 Å². The molecule has 7 nitrogen and oxygen atoms in total. The second-order valence-corrected chi connectivity index (χ2v) is 3.62. The second kappa shape index (κ2) is 4.93. The van der Waals surface area contributed by atoms with Gasteiger partial charge in [-0.1, -0.05) is 0 Å². The molecule has 0 aliphatic carbocycles. The van der Waals surface area contributed by atoms with Crippen molar-refractivity contribution in [2.24, 2.45) is 14.1 Å². The summed E-state index contributed by atoms with van der Waals surface area (Å²) in [6.07, 6.45) is 0. The van der Waals surface area contributed by atoms with Crippen molar-refractivity contribution in [2.75, 3.05) is 32.1 Å². The molecular weight excluding hydrogens is 210 g/mol. The molecule has 0 aromatic carbocycles. The van der Waals surface area contributed by atoms with Gasteiger partial charge in [0.1, 0.15) is 0 Å². The predicted octanol–water partition coefficient (Wildman–Crippen LogP) is -1.87. The maximum absolute atomic E-state index is 11.8. The van der Waals surface area contributed by atoms with Crippen LogP contribution in [0.25, 0.3) is 0 Å². The summed E-state index contributed by atoms with van der Waals surface area (Å²) in [4.78, 5) is 24.9. The van der Waals surface area contributed by atoms with Gasteiger partial charge in [-0.3, -0.25) is 9.36 Å². The lowest BCUT2D eigenvalue weighted by Crippen LogP contribution is -2.43. The van der Waals surface area contributed by atoms with Crippen LogP contribution in [0.3, 0.4) is 0 Å². The Labute approximate surface area is 93.3 Å². The van der Waals surface area contributed by atoms with Crippen molar-refractivity contribution in [2.45, 2.75) is 0 Å². The van der Waals surface area contributed by atoms with E-state index in [2.05, 4.69) is 10.4 Å². The largest absolute Gasteiger partial charge is 0.352 e. The van der Waals surface area contributed by atoms with Gasteiger partial charge in [0.05, 0.1) is 0 Å². The highest BCUT2D eigenvalue weighted by molar-refractivity contribution is 5.33. The average Bonchev–Trinajstić information content (AvgIpc) is 2.28. The zero-order valence-electron chi connectivity index (χ0n) is 10.0. The van der Waals surface area contributed by atoms with E-state index in [0.29, 0.717) is 6.54 Å². The minimum absolute atomic E-state index is 0.278. The normalized spacial score (nSPS) is 10.5. The SMILES string of the molecule is CNCCN(C)c1nn(C)c(=O)n(C)c1=O. The molecule has 1 N–H and O–H groups in total. The minimum atomic E-state index is -0.421. The van der Waals surface area contributed by atoms with E-state index in [-0.39, 0.29) is 11.4 Å². The molecule has 0 saturated carbocycles. The Morgan fingerprint density at radius 2 is 2.00 bits per heavy atom. The lowest BCUT2D eigenvalue weighted by Gasteiger charge is -2.17. The van der Waals surface area contributed by atoms with Crippen molar-refractivity contribution in [3.63, 3.8) is 0 Å². The summed E-state index contributed by atoms with van der Waals surface area (Å²) in [5, 5.41) is 6.94. The highest BCUT2D eigenvalue weighted by Crippen LogP contribution is 1.96. The van der Waals surface area contributed by atoms with E-state index in [9.17, 15) is 9.59 Å². The number of aryl methyl sites for hydroxylation is 1. The van der Waals surface area contributed by atoms with E-state index >= 15 is 0 Å². The van der Waals surface area contributed by atoms with Gasteiger partial charge in [-0.05, 0) is 7.05 Å². The van der Waals surface area contributed by atoms with E-state index in [4.69, 9.17) is 0 Å². The number of anilines is 1. The maximum Gasteiger partial charge on any atom is 0.346 e. The third-order valence-corrected chi connectivity index (χ3v) is 2.36. The van der Waals surface area contributed by atoms with Gasteiger partial charge in [0.25, 0.3) is 5.56 Å². The fourth-order valence-corrected chi connectivity index (χ4v) is 1.31. The van der Waals surface area contributed by atoms with Crippen LogP contribution < -0.4 is 21.5 Å². The molecule has 1 heterocycles. The van der Waals surface area contributed by atoms with Crippen molar-refractivity contribution in [3.8, 4) is 0 Å². The molecule has 1 aromatic rings. The fourth-order valence-electron chi connectivity index (χ4n) is 1.31. The molecule has 0 aliphatic heterocycles. The van der Waals surface area contributed by atoms with Crippen molar-refractivity contribution in [3.05, 3.63) is 20.8 Å². The van der Waals surface area contributed by atoms with Gasteiger partial charge in [0.2, 0.25) is 5.82 Å². The second-order valence-electron chi connectivity index (χ2n) is 3.62. The summed E-state index contributed by atoms with van der Waals surface area (Å²) in [7, 11) is 6.57. The number of hydrogen-bond acceptors (Lipinski definition) is 5. The standard InChI is InChI=1S/C9H17N5O2/c1-10-5-6-12(2)7-8(15)13(3)9(16)14(4)11-7/h10H,5-6H2,1-4H3. The molecule has 0 unspecified atom stereocenters. The Balaban J connectivity index is 3.15. The van der Waals surface area contributed by atoms with Crippen LogP contribution in [0.15, 0.2) is 9.59 Å². The monoisotopic (exact) mass is 227 g/mol. The number of likely N-dealkylation sites (N-methyl/N-ethyl adjacent to an activating group) is 2. The third kappa shape index (κ3) is 2.30. The first-order valence-corrected chi connectivity index (χ1v) is 4.99. The molecular formula is C9H17N5O2. The zero-order chi connectivity index (χ0) is 12.3. The summed E-state index contributed by atoms with van der Waals surface area (Å²) < 4.78 is 2.21. The first-order valence-electron chi connectivity index (χ1n) is 4.99. The molecule has 1 aromatic heterocycles. The van der Waals surface area contributed by atoms with Crippen molar-refractivity contribution in [1.82, 2.24) is 19.7 Å². The minimum Gasteiger partial charge on any atom is -0.352 e. The Morgan fingerprint density at radius 3 is 2.56 bits per heavy atom. The molecule has 0 fully saturated rings. The third-order valence-electron chi connectivity index (χ3n) is 2.36. The van der Waals surface area contributed by atoms with Crippen molar-refractivity contribution >= 4 is 5.82 Å². The lowest BCUT2D eigenvalue weighted by molar-refractivity contribution is 0.592. The van der Waals surface area contributed by atoms with Crippen LogP contribution in [0.5, 0.6) is 0 Å². The summed E-state index contributed by atoms with van der Waals surface area (Å²) in [6.45, 7) is 1.39.